The summed E-state index contributed by atoms with van der Waals surface area (Å²) in [6.45, 7) is 4.16. The minimum Gasteiger partial charge on any atom is -0.363 e. The van der Waals surface area contributed by atoms with E-state index in [0.717, 1.165) is 25.1 Å². The van der Waals surface area contributed by atoms with Crippen LogP contribution >= 0.6 is 0 Å². The van der Waals surface area contributed by atoms with Gasteiger partial charge in [0.25, 0.3) is 0 Å². The molecule has 1 aromatic heterocycles. The van der Waals surface area contributed by atoms with E-state index in [4.69, 9.17) is 0 Å². The molecule has 0 bridgehead atoms. The van der Waals surface area contributed by atoms with Gasteiger partial charge in [0.1, 0.15) is 0 Å². The zero-order valence-corrected chi connectivity index (χ0v) is 12.7. The molecule has 5 nitrogen and oxygen atoms in total. The number of rotatable bonds is 6. The molecule has 1 saturated heterocycles. The van der Waals surface area contributed by atoms with Gasteiger partial charge in [-0.3, -0.25) is 0 Å². The Balaban J connectivity index is 1.67. The molecule has 0 amide bonds. The van der Waals surface area contributed by atoms with Crippen LogP contribution in [-0.2, 0) is 16.6 Å². The summed E-state index contributed by atoms with van der Waals surface area (Å²) in [5.41, 5.74) is 0.946. The van der Waals surface area contributed by atoms with Crippen LogP contribution in [-0.4, -0.2) is 36.8 Å². The van der Waals surface area contributed by atoms with Gasteiger partial charge in [0.05, 0.1) is 4.90 Å². The standard InChI is InChI=1S/C14H23N3O2S/c1-2-11-5-6-17(10-11)20(18,19)14-7-13(16-9-14)8-15-12-3-4-12/h7,9,11-12,15-16H,2-6,8,10H2,1H3. The van der Waals surface area contributed by atoms with Crippen LogP contribution in [0.4, 0.5) is 0 Å². The fourth-order valence-corrected chi connectivity index (χ4v) is 4.26. The van der Waals surface area contributed by atoms with Crippen LogP contribution in [0, 0.1) is 5.92 Å². The highest BCUT2D eigenvalue weighted by Gasteiger charge is 2.32. The molecule has 2 aliphatic rings. The quantitative estimate of drug-likeness (QED) is 0.840. The highest BCUT2D eigenvalue weighted by molar-refractivity contribution is 7.89. The van der Waals surface area contributed by atoms with Gasteiger partial charge in [-0.25, -0.2) is 8.42 Å². The molecule has 0 aromatic carbocycles. The van der Waals surface area contributed by atoms with Crippen molar-refractivity contribution in [1.82, 2.24) is 14.6 Å². The largest absolute Gasteiger partial charge is 0.363 e. The lowest BCUT2D eigenvalue weighted by molar-refractivity contribution is 0.453. The van der Waals surface area contributed by atoms with E-state index in [1.54, 1.807) is 16.6 Å². The molecule has 1 unspecified atom stereocenters. The normalized spacial score (nSPS) is 24.4. The second-order valence-corrected chi connectivity index (χ2v) is 7.88. The van der Waals surface area contributed by atoms with Crippen LogP contribution in [0.5, 0.6) is 0 Å². The van der Waals surface area contributed by atoms with Gasteiger partial charge >= 0.3 is 0 Å². The Kier molecular flexibility index (Phi) is 3.88. The van der Waals surface area contributed by atoms with Crippen molar-refractivity contribution in [3.63, 3.8) is 0 Å². The SMILES string of the molecule is CCC1CCN(S(=O)(=O)c2c[nH]c(CNC3CC3)c2)C1. The van der Waals surface area contributed by atoms with Crippen molar-refractivity contribution >= 4 is 10.0 Å². The highest BCUT2D eigenvalue weighted by atomic mass is 32.2. The zero-order chi connectivity index (χ0) is 14.2. The van der Waals surface area contributed by atoms with E-state index in [-0.39, 0.29) is 0 Å². The molecule has 1 aliphatic carbocycles. The van der Waals surface area contributed by atoms with Crippen LogP contribution in [0.1, 0.15) is 38.3 Å². The van der Waals surface area contributed by atoms with Gasteiger partial charge in [-0.15, -0.1) is 0 Å². The molecule has 6 heteroatoms. The average molecular weight is 297 g/mol. The summed E-state index contributed by atoms with van der Waals surface area (Å²) in [7, 11) is -3.31. The molecule has 1 atom stereocenters. The van der Waals surface area contributed by atoms with E-state index in [2.05, 4.69) is 17.2 Å². The molecule has 2 fully saturated rings. The van der Waals surface area contributed by atoms with E-state index in [9.17, 15) is 8.42 Å². The third-order valence-electron chi connectivity index (χ3n) is 4.34. The van der Waals surface area contributed by atoms with E-state index in [1.165, 1.54) is 12.8 Å². The summed E-state index contributed by atoms with van der Waals surface area (Å²) in [6, 6.07) is 2.39. The molecule has 2 heterocycles. The lowest BCUT2D eigenvalue weighted by atomic mass is 10.1. The van der Waals surface area contributed by atoms with Crippen LogP contribution in [0.25, 0.3) is 0 Å². The molecular weight excluding hydrogens is 274 g/mol. The minimum atomic E-state index is -3.31. The first-order valence-corrected chi connectivity index (χ1v) is 8.94. The van der Waals surface area contributed by atoms with Crippen LogP contribution < -0.4 is 5.32 Å². The molecule has 1 aromatic rings. The summed E-state index contributed by atoms with van der Waals surface area (Å²) in [4.78, 5) is 3.48. The highest BCUT2D eigenvalue weighted by Crippen LogP contribution is 2.26. The predicted octanol–water partition coefficient (Wildman–Crippen LogP) is 1.69. The monoisotopic (exact) mass is 297 g/mol. The number of hydrogen-bond acceptors (Lipinski definition) is 3. The first kappa shape index (κ1) is 14.1. The molecular formula is C14H23N3O2S. The van der Waals surface area contributed by atoms with Gasteiger partial charge < -0.3 is 10.3 Å². The van der Waals surface area contributed by atoms with Gasteiger partial charge in [0, 0.05) is 37.6 Å². The first-order chi connectivity index (χ1) is 9.59. The maximum absolute atomic E-state index is 12.5. The summed E-state index contributed by atoms with van der Waals surface area (Å²) in [5.74, 6) is 0.514. The second kappa shape index (κ2) is 5.50. The predicted molar refractivity (Wildman–Crippen MR) is 77.8 cm³/mol. The summed E-state index contributed by atoms with van der Waals surface area (Å²) in [6.07, 6.45) is 6.13. The number of aromatic amines is 1. The van der Waals surface area contributed by atoms with Crippen molar-refractivity contribution in [2.75, 3.05) is 13.1 Å². The fourth-order valence-electron chi connectivity index (χ4n) is 2.71. The van der Waals surface area contributed by atoms with E-state index in [1.807, 2.05) is 0 Å². The van der Waals surface area contributed by atoms with Crippen molar-refractivity contribution in [1.29, 1.82) is 0 Å². The Morgan fingerprint density at radius 2 is 2.20 bits per heavy atom. The smallest absolute Gasteiger partial charge is 0.244 e. The van der Waals surface area contributed by atoms with Crippen molar-refractivity contribution in [2.45, 2.75) is 50.1 Å². The lowest BCUT2D eigenvalue weighted by Gasteiger charge is -2.15. The summed E-state index contributed by atoms with van der Waals surface area (Å²) in [5, 5.41) is 3.38. The number of aromatic nitrogens is 1. The third kappa shape index (κ3) is 2.92. The molecule has 0 radical (unpaired) electrons. The number of nitrogens with one attached hydrogen (secondary N) is 2. The number of nitrogens with zero attached hydrogens (tertiary/aromatic N) is 1. The van der Waals surface area contributed by atoms with E-state index < -0.39 is 10.0 Å². The second-order valence-electron chi connectivity index (χ2n) is 5.94. The molecule has 112 valence electrons. The van der Waals surface area contributed by atoms with Crippen LogP contribution in [0.3, 0.4) is 0 Å². The van der Waals surface area contributed by atoms with Crippen LogP contribution in [0.15, 0.2) is 17.2 Å². The number of H-pyrrole nitrogens is 1. The third-order valence-corrected chi connectivity index (χ3v) is 6.18. The Bertz CT molecular complexity index is 563. The molecule has 1 aliphatic heterocycles. The van der Waals surface area contributed by atoms with Gasteiger partial charge in [0.2, 0.25) is 10.0 Å². The Morgan fingerprint density at radius 1 is 1.40 bits per heavy atom. The lowest BCUT2D eigenvalue weighted by Crippen LogP contribution is -2.28. The number of hydrogen-bond donors (Lipinski definition) is 2. The molecule has 3 rings (SSSR count). The number of sulfonamides is 1. The van der Waals surface area contributed by atoms with Gasteiger partial charge in [-0.05, 0) is 31.2 Å². The van der Waals surface area contributed by atoms with Gasteiger partial charge in [-0.1, -0.05) is 13.3 Å². The Labute approximate surface area is 120 Å². The Hall–Kier alpha value is -0.850. The van der Waals surface area contributed by atoms with Crippen molar-refractivity contribution < 1.29 is 8.42 Å². The zero-order valence-electron chi connectivity index (χ0n) is 11.9. The van der Waals surface area contributed by atoms with Gasteiger partial charge in [0.15, 0.2) is 0 Å². The molecule has 1 saturated carbocycles. The first-order valence-electron chi connectivity index (χ1n) is 7.50. The fraction of sp³-hybridized carbons (Fsp3) is 0.714. The van der Waals surface area contributed by atoms with Crippen molar-refractivity contribution in [3.05, 3.63) is 18.0 Å². The van der Waals surface area contributed by atoms with E-state index >= 15 is 0 Å². The molecule has 2 N–H and O–H groups in total. The topological polar surface area (TPSA) is 65.2 Å². The Morgan fingerprint density at radius 3 is 2.85 bits per heavy atom. The average Bonchev–Trinajstić information content (AvgIpc) is 2.96. The minimum absolute atomic E-state index is 0.404. The maximum atomic E-state index is 12.5. The van der Waals surface area contributed by atoms with Crippen LogP contribution in [0.2, 0.25) is 0 Å². The van der Waals surface area contributed by atoms with Gasteiger partial charge in [-0.2, -0.15) is 4.31 Å². The van der Waals surface area contributed by atoms with Crippen molar-refractivity contribution in [3.8, 4) is 0 Å². The van der Waals surface area contributed by atoms with Crippen molar-refractivity contribution in [2.24, 2.45) is 5.92 Å². The van der Waals surface area contributed by atoms with E-state index in [0.29, 0.717) is 29.9 Å². The summed E-state index contributed by atoms with van der Waals surface area (Å²) < 4.78 is 26.7. The maximum Gasteiger partial charge on any atom is 0.244 e. The summed E-state index contributed by atoms with van der Waals surface area (Å²) >= 11 is 0. The molecule has 0 spiro atoms. The molecule has 20 heavy (non-hydrogen) atoms.